The van der Waals surface area contributed by atoms with Crippen molar-refractivity contribution in [2.24, 2.45) is 34.5 Å². The van der Waals surface area contributed by atoms with Gasteiger partial charge in [0.15, 0.2) is 5.78 Å². The summed E-state index contributed by atoms with van der Waals surface area (Å²) < 4.78 is 0. The molecule has 1 aliphatic heterocycles. The average Bonchev–Trinajstić information content (AvgIpc) is 2.94. The minimum atomic E-state index is -0.111. The molecule has 0 amide bonds. The fourth-order valence-corrected chi connectivity index (χ4v) is 8.29. The van der Waals surface area contributed by atoms with Crippen molar-refractivity contribution >= 4 is 5.78 Å². The number of Topliss-reactive ketones (excluding diaryl/α,β-unsaturated/α-hetero) is 1. The Bertz CT molecular complexity index is 665. The molecule has 4 saturated carbocycles. The molecule has 0 bridgehead atoms. The molecule has 0 spiro atoms. The largest absolute Gasteiger partial charge is 0.393 e. The number of ketones is 1. The molecule has 0 aromatic heterocycles. The molecule has 7 atom stereocenters. The lowest BCUT2D eigenvalue weighted by molar-refractivity contribution is -0.141. The zero-order chi connectivity index (χ0) is 19.5. The fraction of sp³-hybridized carbons (Fsp3) is 0.880. The van der Waals surface area contributed by atoms with E-state index in [2.05, 4.69) is 24.9 Å². The van der Waals surface area contributed by atoms with Crippen LogP contribution in [0.1, 0.15) is 84.5 Å². The number of aliphatic hydroxyl groups is 1. The number of nitrogens with zero attached hydrogens (tertiary/aromatic N) is 1. The quantitative estimate of drug-likeness (QED) is 0.650. The number of carbonyl (C=O) groups is 1. The Morgan fingerprint density at radius 3 is 2.57 bits per heavy atom. The SMILES string of the molecule is C[C@]12CC[C@H](O)C[C@@H]1CC[C@@H]1[C@@H]2CC[C@]2(C)C(=O)/C(=C\N3CCCCC3)C[C@@H]12. The molecule has 3 nitrogen and oxygen atoms in total. The summed E-state index contributed by atoms with van der Waals surface area (Å²) >= 11 is 0. The Kier molecular flexibility index (Phi) is 4.69. The van der Waals surface area contributed by atoms with Crippen molar-refractivity contribution in [1.29, 1.82) is 0 Å². The van der Waals surface area contributed by atoms with Gasteiger partial charge in [0.2, 0.25) is 0 Å². The third kappa shape index (κ3) is 2.82. The van der Waals surface area contributed by atoms with E-state index in [0.717, 1.165) is 50.3 Å². The first-order valence-corrected chi connectivity index (χ1v) is 12.1. The summed E-state index contributed by atoms with van der Waals surface area (Å²) in [5.74, 6) is 3.21. The second-order valence-corrected chi connectivity index (χ2v) is 11.3. The number of fused-ring (bicyclic) bond motifs is 5. The second kappa shape index (κ2) is 6.86. The summed E-state index contributed by atoms with van der Waals surface area (Å²) in [4.78, 5) is 15.9. The average molecular weight is 386 g/mol. The summed E-state index contributed by atoms with van der Waals surface area (Å²) in [7, 11) is 0. The van der Waals surface area contributed by atoms with Crippen LogP contribution in [-0.2, 0) is 4.79 Å². The molecule has 4 aliphatic carbocycles. The van der Waals surface area contributed by atoms with E-state index in [1.165, 1.54) is 44.9 Å². The first-order chi connectivity index (χ1) is 13.4. The van der Waals surface area contributed by atoms with Crippen molar-refractivity contribution in [1.82, 2.24) is 4.90 Å². The normalized spacial score (nSPS) is 50.2. The number of rotatable bonds is 1. The Balaban J connectivity index is 1.40. The number of allylic oxidation sites excluding steroid dienone is 1. The Hall–Kier alpha value is -0.830. The van der Waals surface area contributed by atoms with Gasteiger partial charge in [-0.15, -0.1) is 0 Å². The van der Waals surface area contributed by atoms with Crippen molar-refractivity contribution in [3.8, 4) is 0 Å². The molecule has 1 heterocycles. The number of hydrogen-bond acceptors (Lipinski definition) is 3. The molecule has 1 saturated heterocycles. The molecule has 5 aliphatic rings. The minimum Gasteiger partial charge on any atom is -0.393 e. The molecule has 3 heteroatoms. The van der Waals surface area contributed by atoms with E-state index in [1.807, 2.05) is 0 Å². The number of aliphatic hydroxyl groups excluding tert-OH is 1. The lowest BCUT2D eigenvalue weighted by Gasteiger charge is -2.59. The highest BCUT2D eigenvalue weighted by Gasteiger charge is 2.61. The van der Waals surface area contributed by atoms with Crippen LogP contribution in [0.4, 0.5) is 0 Å². The van der Waals surface area contributed by atoms with Gasteiger partial charge < -0.3 is 10.0 Å². The molecule has 0 aromatic carbocycles. The molecule has 28 heavy (non-hydrogen) atoms. The standard InChI is InChI=1S/C25H39NO2/c1-24-10-8-19(27)15-18(24)6-7-20-21(24)9-11-25(2)22(20)14-17(23(25)28)16-26-12-4-3-5-13-26/h16,18-22,27H,3-15H2,1-2H3/b17-16-/t18-,19-,20+,21-,22-,24-,25-/m0/s1. The van der Waals surface area contributed by atoms with Crippen LogP contribution >= 0.6 is 0 Å². The molecule has 1 N–H and O–H groups in total. The van der Waals surface area contributed by atoms with Gasteiger partial charge in [-0.05, 0) is 99.7 Å². The fourth-order valence-electron chi connectivity index (χ4n) is 8.29. The van der Waals surface area contributed by atoms with Gasteiger partial charge in [-0.25, -0.2) is 0 Å². The second-order valence-electron chi connectivity index (χ2n) is 11.3. The van der Waals surface area contributed by atoms with Crippen LogP contribution in [0.3, 0.4) is 0 Å². The van der Waals surface area contributed by atoms with Crippen molar-refractivity contribution < 1.29 is 9.90 Å². The predicted octanol–water partition coefficient (Wildman–Crippen LogP) is 4.94. The topological polar surface area (TPSA) is 40.5 Å². The van der Waals surface area contributed by atoms with E-state index in [4.69, 9.17) is 0 Å². The van der Waals surface area contributed by atoms with E-state index in [-0.39, 0.29) is 11.5 Å². The van der Waals surface area contributed by atoms with Gasteiger partial charge in [0.05, 0.1) is 6.10 Å². The summed E-state index contributed by atoms with van der Waals surface area (Å²) in [6.45, 7) is 7.09. The zero-order valence-corrected chi connectivity index (χ0v) is 18.0. The van der Waals surface area contributed by atoms with Gasteiger partial charge in [0.1, 0.15) is 0 Å². The molecular weight excluding hydrogens is 346 g/mol. The maximum absolute atomic E-state index is 13.5. The van der Waals surface area contributed by atoms with Crippen molar-refractivity contribution in [3.63, 3.8) is 0 Å². The van der Waals surface area contributed by atoms with E-state index in [1.54, 1.807) is 0 Å². The molecule has 5 rings (SSSR count). The molecule has 156 valence electrons. The number of hydrogen-bond donors (Lipinski definition) is 1. The van der Waals surface area contributed by atoms with E-state index in [9.17, 15) is 9.90 Å². The Labute approximate surface area is 170 Å². The summed E-state index contributed by atoms with van der Waals surface area (Å²) in [5, 5.41) is 10.2. The molecule has 0 aromatic rings. The predicted molar refractivity (Wildman–Crippen MR) is 112 cm³/mol. The molecular formula is C25H39NO2. The highest BCUT2D eigenvalue weighted by Crippen LogP contribution is 2.66. The molecule has 0 radical (unpaired) electrons. The lowest BCUT2D eigenvalue weighted by atomic mass is 9.45. The minimum absolute atomic E-state index is 0.0735. The third-order valence-corrected chi connectivity index (χ3v) is 10.0. The molecule has 0 unspecified atom stereocenters. The van der Waals surface area contributed by atoms with Crippen LogP contribution < -0.4 is 0 Å². The van der Waals surface area contributed by atoms with Crippen LogP contribution in [0.15, 0.2) is 11.8 Å². The number of carbonyl (C=O) groups excluding carboxylic acids is 1. The van der Waals surface area contributed by atoms with E-state index in [0.29, 0.717) is 29.0 Å². The third-order valence-electron chi connectivity index (χ3n) is 10.0. The smallest absolute Gasteiger partial charge is 0.166 e. The van der Waals surface area contributed by atoms with Crippen LogP contribution in [0, 0.1) is 34.5 Å². The van der Waals surface area contributed by atoms with Gasteiger partial charge in [0.25, 0.3) is 0 Å². The van der Waals surface area contributed by atoms with Gasteiger partial charge >= 0.3 is 0 Å². The summed E-state index contributed by atoms with van der Waals surface area (Å²) in [5.41, 5.74) is 1.42. The Morgan fingerprint density at radius 2 is 1.79 bits per heavy atom. The maximum atomic E-state index is 13.5. The lowest BCUT2D eigenvalue weighted by Crippen LogP contribution is -2.54. The number of likely N-dealkylation sites (tertiary alicyclic amines) is 1. The van der Waals surface area contributed by atoms with Gasteiger partial charge in [0, 0.05) is 30.3 Å². The summed E-state index contributed by atoms with van der Waals surface area (Å²) in [6, 6.07) is 0. The maximum Gasteiger partial charge on any atom is 0.166 e. The van der Waals surface area contributed by atoms with Crippen molar-refractivity contribution in [3.05, 3.63) is 11.8 Å². The highest BCUT2D eigenvalue weighted by atomic mass is 16.3. The van der Waals surface area contributed by atoms with Crippen LogP contribution in [0.25, 0.3) is 0 Å². The monoisotopic (exact) mass is 385 g/mol. The van der Waals surface area contributed by atoms with Gasteiger partial charge in [-0.3, -0.25) is 4.79 Å². The van der Waals surface area contributed by atoms with Crippen LogP contribution in [0.2, 0.25) is 0 Å². The molecule has 5 fully saturated rings. The Morgan fingerprint density at radius 1 is 1.00 bits per heavy atom. The van der Waals surface area contributed by atoms with Crippen LogP contribution in [0.5, 0.6) is 0 Å². The van der Waals surface area contributed by atoms with E-state index < -0.39 is 0 Å². The van der Waals surface area contributed by atoms with E-state index >= 15 is 0 Å². The van der Waals surface area contributed by atoms with Crippen molar-refractivity contribution in [2.75, 3.05) is 13.1 Å². The van der Waals surface area contributed by atoms with Gasteiger partial charge in [-0.2, -0.15) is 0 Å². The first-order valence-electron chi connectivity index (χ1n) is 12.1. The highest BCUT2D eigenvalue weighted by molar-refractivity contribution is 6.02. The zero-order valence-electron chi connectivity index (χ0n) is 18.0. The van der Waals surface area contributed by atoms with Crippen LogP contribution in [-0.4, -0.2) is 35.0 Å². The first kappa shape index (κ1) is 19.2. The van der Waals surface area contributed by atoms with Crippen molar-refractivity contribution in [2.45, 2.75) is 90.6 Å². The van der Waals surface area contributed by atoms with Gasteiger partial charge in [-0.1, -0.05) is 13.8 Å². The number of piperidine rings is 1. The summed E-state index contributed by atoms with van der Waals surface area (Å²) in [6.07, 6.45) is 15.1.